The van der Waals surface area contributed by atoms with Gasteiger partial charge in [-0.15, -0.1) is 0 Å². The van der Waals surface area contributed by atoms with Crippen LogP contribution < -0.4 is 5.32 Å². The highest BCUT2D eigenvalue weighted by atomic mass is 16.6. The molecule has 2 aliphatic rings. The molecular formula is C22H27NO4. The second-order valence-electron chi connectivity index (χ2n) is 6.99. The number of nitrogens with one attached hydrogen (secondary N) is 1. The van der Waals surface area contributed by atoms with E-state index in [1.165, 1.54) is 5.56 Å². The van der Waals surface area contributed by atoms with Gasteiger partial charge in [-0.2, -0.15) is 0 Å². The molecule has 5 heteroatoms. The third-order valence-corrected chi connectivity index (χ3v) is 5.24. The number of aryl methyl sites for hydroxylation is 1. The van der Waals surface area contributed by atoms with E-state index in [2.05, 4.69) is 24.4 Å². The highest BCUT2D eigenvalue weighted by Crippen LogP contribution is 2.42. The summed E-state index contributed by atoms with van der Waals surface area (Å²) in [6, 6.07) is 8.18. The number of dihydropyridines is 1. The van der Waals surface area contributed by atoms with E-state index in [0.29, 0.717) is 18.6 Å². The zero-order valence-electron chi connectivity index (χ0n) is 16.3. The molecule has 0 aromatic heterocycles. The Balaban J connectivity index is 2.03. The summed E-state index contributed by atoms with van der Waals surface area (Å²) in [6.07, 6.45) is 3.14. The predicted molar refractivity (Wildman–Crippen MR) is 103 cm³/mol. The van der Waals surface area contributed by atoms with Gasteiger partial charge in [0.25, 0.3) is 0 Å². The minimum atomic E-state index is -0.397. The van der Waals surface area contributed by atoms with E-state index < -0.39 is 5.97 Å². The van der Waals surface area contributed by atoms with Gasteiger partial charge in [0.15, 0.2) is 5.78 Å². The molecule has 0 unspecified atom stereocenters. The fourth-order valence-corrected chi connectivity index (χ4v) is 3.83. The number of esters is 1. The van der Waals surface area contributed by atoms with Crippen LogP contribution in [0.3, 0.4) is 0 Å². The summed E-state index contributed by atoms with van der Waals surface area (Å²) in [4.78, 5) is 25.6. The lowest BCUT2D eigenvalue weighted by molar-refractivity contribution is -0.140. The second kappa shape index (κ2) is 8.53. The summed E-state index contributed by atoms with van der Waals surface area (Å²) in [6.45, 7) is 4.51. The number of rotatable bonds is 6. The van der Waals surface area contributed by atoms with Crippen LogP contribution in [-0.4, -0.2) is 32.1 Å². The standard InChI is InChI=1S/C22H27NO4/c1-4-15-8-10-16(11-9-15)20-19(22(25)27-13-12-26-3)14(2)23-17-6-5-7-18(24)21(17)20/h8-11,20,23H,4-7,12-13H2,1-3H3/t20-/m0/s1. The van der Waals surface area contributed by atoms with Crippen LogP contribution in [0, 0.1) is 0 Å². The number of benzene rings is 1. The molecule has 3 rings (SSSR count). The summed E-state index contributed by atoms with van der Waals surface area (Å²) in [7, 11) is 1.57. The Labute approximate surface area is 160 Å². The summed E-state index contributed by atoms with van der Waals surface area (Å²) >= 11 is 0. The molecule has 0 radical (unpaired) electrons. The highest BCUT2D eigenvalue weighted by molar-refractivity contribution is 6.03. The maximum atomic E-state index is 12.9. The number of carbonyl (C=O) groups is 2. The van der Waals surface area contributed by atoms with E-state index in [0.717, 1.165) is 41.8 Å². The van der Waals surface area contributed by atoms with Crippen molar-refractivity contribution >= 4 is 11.8 Å². The molecule has 1 aliphatic heterocycles. The fourth-order valence-electron chi connectivity index (χ4n) is 3.83. The molecule has 0 bridgehead atoms. The van der Waals surface area contributed by atoms with Gasteiger partial charge in [0.05, 0.1) is 12.2 Å². The molecule has 0 saturated carbocycles. The molecule has 27 heavy (non-hydrogen) atoms. The Morgan fingerprint density at radius 3 is 2.59 bits per heavy atom. The Kier molecular flexibility index (Phi) is 6.11. The number of hydrogen-bond acceptors (Lipinski definition) is 5. The van der Waals surface area contributed by atoms with E-state index in [1.54, 1.807) is 7.11 Å². The minimum Gasteiger partial charge on any atom is -0.460 e. The Morgan fingerprint density at radius 1 is 1.19 bits per heavy atom. The van der Waals surface area contributed by atoms with Gasteiger partial charge >= 0.3 is 5.97 Å². The summed E-state index contributed by atoms with van der Waals surface area (Å²) < 4.78 is 10.4. The second-order valence-corrected chi connectivity index (χ2v) is 6.99. The number of Topliss-reactive ketones (excluding diaryl/α,β-unsaturated/α-hetero) is 1. The lowest BCUT2D eigenvalue weighted by Crippen LogP contribution is -2.34. The van der Waals surface area contributed by atoms with Crippen molar-refractivity contribution in [2.75, 3.05) is 20.3 Å². The van der Waals surface area contributed by atoms with Crippen molar-refractivity contribution in [1.82, 2.24) is 5.32 Å². The molecule has 0 fully saturated rings. The normalized spacial score (nSPS) is 19.7. The lowest BCUT2D eigenvalue weighted by atomic mass is 9.75. The minimum absolute atomic E-state index is 0.114. The molecule has 1 heterocycles. The van der Waals surface area contributed by atoms with E-state index in [4.69, 9.17) is 9.47 Å². The van der Waals surface area contributed by atoms with E-state index >= 15 is 0 Å². The largest absolute Gasteiger partial charge is 0.460 e. The molecule has 0 spiro atoms. The maximum absolute atomic E-state index is 12.9. The van der Waals surface area contributed by atoms with Crippen LogP contribution in [0.15, 0.2) is 46.8 Å². The van der Waals surface area contributed by atoms with E-state index in [-0.39, 0.29) is 18.3 Å². The topological polar surface area (TPSA) is 64.6 Å². The van der Waals surface area contributed by atoms with Crippen LogP contribution in [0.5, 0.6) is 0 Å². The molecule has 5 nitrogen and oxygen atoms in total. The van der Waals surface area contributed by atoms with Crippen molar-refractivity contribution in [2.45, 2.75) is 45.4 Å². The summed E-state index contributed by atoms with van der Waals surface area (Å²) in [5, 5.41) is 3.30. The number of methoxy groups -OCH3 is 1. The van der Waals surface area contributed by atoms with Crippen LogP contribution in [0.2, 0.25) is 0 Å². The van der Waals surface area contributed by atoms with Gasteiger partial charge < -0.3 is 14.8 Å². The number of hydrogen-bond donors (Lipinski definition) is 1. The highest BCUT2D eigenvalue weighted by Gasteiger charge is 2.38. The molecule has 0 amide bonds. The van der Waals surface area contributed by atoms with Crippen molar-refractivity contribution in [3.63, 3.8) is 0 Å². The number of allylic oxidation sites excluding steroid dienone is 3. The van der Waals surface area contributed by atoms with Crippen LogP contribution >= 0.6 is 0 Å². The van der Waals surface area contributed by atoms with Crippen molar-refractivity contribution in [3.05, 3.63) is 57.9 Å². The van der Waals surface area contributed by atoms with Crippen LogP contribution in [0.4, 0.5) is 0 Å². The molecule has 0 saturated heterocycles. The van der Waals surface area contributed by atoms with Gasteiger partial charge in [0, 0.05) is 36.4 Å². The monoisotopic (exact) mass is 369 g/mol. The SMILES string of the molecule is CCc1ccc([C@H]2C(C(=O)OCCOC)=C(C)NC3=C2C(=O)CCC3)cc1. The third-order valence-electron chi connectivity index (χ3n) is 5.24. The van der Waals surface area contributed by atoms with Crippen molar-refractivity contribution in [2.24, 2.45) is 0 Å². The van der Waals surface area contributed by atoms with Gasteiger partial charge in [0.2, 0.25) is 0 Å². The van der Waals surface area contributed by atoms with E-state index in [9.17, 15) is 9.59 Å². The van der Waals surface area contributed by atoms with Crippen LogP contribution in [-0.2, 0) is 25.5 Å². The lowest BCUT2D eigenvalue weighted by Gasteiger charge is -2.34. The molecule has 144 valence electrons. The first-order valence-corrected chi connectivity index (χ1v) is 9.55. The molecule has 1 atom stereocenters. The van der Waals surface area contributed by atoms with E-state index in [1.807, 2.05) is 19.1 Å². The number of ether oxygens (including phenoxy) is 2. The average molecular weight is 369 g/mol. The van der Waals surface area contributed by atoms with Crippen LogP contribution in [0.25, 0.3) is 0 Å². The quantitative estimate of drug-likeness (QED) is 0.615. The molecule has 1 aliphatic carbocycles. The molecule has 1 N–H and O–H groups in total. The first-order chi connectivity index (χ1) is 13.1. The first kappa shape index (κ1) is 19.4. The molecule has 1 aromatic carbocycles. The Hall–Kier alpha value is -2.40. The zero-order chi connectivity index (χ0) is 19.4. The maximum Gasteiger partial charge on any atom is 0.336 e. The van der Waals surface area contributed by atoms with Gasteiger partial charge in [-0.3, -0.25) is 4.79 Å². The third kappa shape index (κ3) is 3.98. The Bertz CT molecular complexity index is 789. The van der Waals surface area contributed by atoms with Crippen molar-refractivity contribution < 1.29 is 19.1 Å². The van der Waals surface area contributed by atoms with Gasteiger partial charge in [0.1, 0.15) is 6.61 Å². The smallest absolute Gasteiger partial charge is 0.336 e. The zero-order valence-corrected chi connectivity index (χ0v) is 16.3. The van der Waals surface area contributed by atoms with Gasteiger partial charge in [-0.1, -0.05) is 31.2 Å². The van der Waals surface area contributed by atoms with Gasteiger partial charge in [-0.05, 0) is 37.3 Å². The molecular weight excluding hydrogens is 342 g/mol. The number of carbonyl (C=O) groups excluding carboxylic acids is 2. The first-order valence-electron chi connectivity index (χ1n) is 9.55. The predicted octanol–water partition coefficient (Wildman–Crippen LogP) is 3.41. The summed E-state index contributed by atoms with van der Waals surface area (Å²) in [5.74, 6) is -0.662. The summed E-state index contributed by atoms with van der Waals surface area (Å²) in [5.41, 5.74) is 5.12. The van der Waals surface area contributed by atoms with Crippen LogP contribution in [0.1, 0.15) is 50.2 Å². The average Bonchev–Trinajstić information content (AvgIpc) is 2.67. The fraction of sp³-hybridized carbons (Fsp3) is 0.455. The van der Waals surface area contributed by atoms with Crippen molar-refractivity contribution in [1.29, 1.82) is 0 Å². The number of ketones is 1. The van der Waals surface area contributed by atoms with Gasteiger partial charge in [-0.25, -0.2) is 4.79 Å². The molecule has 1 aromatic rings. The van der Waals surface area contributed by atoms with Crippen molar-refractivity contribution in [3.8, 4) is 0 Å². The Morgan fingerprint density at radius 2 is 1.93 bits per heavy atom.